The van der Waals surface area contributed by atoms with Crippen LogP contribution in [0.1, 0.15) is 31.7 Å². The van der Waals surface area contributed by atoms with Crippen LogP contribution >= 0.6 is 11.6 Å². The molecule has 2 fully saturated rings. The molecule has 2 amide bonds. The van der Waals surface area contributed by atoms with Gasteiger partial charge in [-0.2, -0.15) is 0 Å². The number of aliphatic hydroxyl groups excluding tert-OH is 1. The quantitative estimate of drug-likeness (QED) is 0.675. The number of halogens is 2. The molecule has 1 aromatic carbocycles. The van der Waals surface area contributed by atoms with E-state index < -0.39 is 5.82 Å². The molecule has 170 valence electrons. The Balaban J connectivity index is 1.46. The van der Waals surface area contributed by atoms with Gasteiger partial charge in [0.25, 0.3) is 0 Å². The molecular weight excluding hydrogens is 421 g/mol. The number of β-amino-alcohol motifs (C(OH)–C–C–N with tert-alkyl or cyclic N) is 1. The number of hydrogen-bond donors (Lipinski definition) is 1. The standard InChI is InChI=1S/C23H31ClFN3O3/c1-17-13-19(29)16-26(15-17)8-2-9-27-11-12-28(10-7-23(27)31)22(30)6-4-18-3-5-21(25)20(24)14-18/h3-6,14,17,19,29H,2,7-13,15-16H2,1H3/b6-4+. The predicted molar refractivity (Wildman–Crippen MR) is 119 cm³/mol. The van der Waals surface area contributed by atoms with Crippen LogP contribution in [0.2, 0.25) is 5.02 Å². The normalized spacial score (nSPS) is 23.4. The van der Waals surface area contributed by atoms with Crippen molar-refractivity contribution in [2.24, 2.45) is 5.92 Å². The molecule has 0 spiro atoms. The average Bonchev–Trinajstić information content (AvgIpc) is 2.90. The lowest BCUT2D eigenvalue weighted by Crippen LogP contribution is -2.43. The molecule has 8 heteroatoms. The second-order valence-corrected chi connectivity index (χ2v) is 8.98. The Morgan fingerprint density at radius 1 is 1.26 bits per heavy atom. The minimum atomic E-state index is -0.498. The number of benzene rings is 1. The first-order valence-electron chi connectivity index (χ1n) is 10.9. The van der Waals surface area contributed by atoms with Crippen LogP contribution in [0, 0.1) is 11.7 Å². The van der Waals surface area contributed by atoms with Crippen LogP contribution in [0.4, 0.5) is 4.39 Å². The molecule has 6 nitrogen and oxygen atoms in total. The number of carbonyl (C=O) groups excluding carboxylic acids is 2. The van der Waals surface area contributed by atoms with Crippen LogP contribution in [-0.2, 0) is 9.59 Å². The maximum absolute atomic E-state index is 13.3. The Morgan fingerprint density at radius 3 is 2.81 bits per heavy atom. The molecule has 2 saturated heterocycles. The van der Waals surface area contributed by atoms with Gasteiger partial charge in [-0.05, 0) is 49.1 Å². The lowest BCUT2D eigenvalue weighted by atomic mass is 9.98. The molecule has 0 radical (unpaired) electrons. The van der Waals surface area contributed by atoms with Gasteiger partial charge in [0.1, 0.15) is 5.82 Å². The summed E-state index contributed by atoms with van der Waals surface area (Å²) < 4.78 is 13.3. The van der Waals surface area contributed by atoms with Gasteiger partial charge in [0.05, 0.1) is 11.1 Å². The lowest BCUT2D eigenvalue weighted by Gasteiger charge is -2.34. The highest BCUT2D eigenvalue weighted by Gasteiger charge is 2.25. The van der Waals surface area contributed by atoms with Crippen molar-refractivity contribution in [1.82, 2.24) is 14.7 Å². The minimum absolute atomic E-state index is 0.0131. The molecule has 1 aromatic rings. The third-order valence-corrected chi connectivity index (χ3v) is 6.17. The summed E-state index contributed by atoms with van der Waals surface area (Å²) in [4.78, 5) is 30.8. The molecular formula is C23H31ClFN3O3. The van der Waals surface area contributed by atoms with Crippen LogP contribution in [-0.4, -0.2) is 83.5 Å². The summed E-state index contributed by atoms with van der Waals surface area (Å²) in [7, 11) is 0. The number of piperidine rings is 1. The number of amides is 2. The number of aliphatic hydroxyl groups is 1. The number of carbonyl (C=O) groups is 2. The summed E-state index contributed by atoms with van der Waals surface area (Å²) in [5.74, 6) is -0.118. The fourth-order valence-corrected chi connectivity index (χ4v) is 4.50. The van der Waals surface area contributed by atoms with Gasteiger partial charge >= 0.3 is 0 Å². The fourth-order valence-electron chi connectivity index (χ4n) is 4.31. The molecule has 1 N–H and O–H groups in total. The number of rotatable bonds is 6. The highest BCUT2D eigenvalue weighted by molar-refractivity contribution is 6.30. The zero-order chi connectivity index (χ0) is 22.4. The molecule has 2 aliphatic rings. The number of nitrogens with zero attached hydrogens (tertiary/aromatic N) is 3. The molecule has 2 unspecified atom stereocenters. The largest absolute Gasteiger partial charge is 0.392 e. The van der Waals surface area contributed by atoms with Crippen LogP contribution in [0.3, 0.4) is 0 Å². The summed E-state index contributed by atoms with van der Waals surface area (Å²) in [6.07, 6.45) is 4.79. The van der Waals surface area contributed by atoms with Gasteiger partial charge in [0, 0.05) is 51.8 Å². The van der Waals surface area contributed by atoms with Gasteiger partial charge in [-0.3, -0.25) is 9.59 Å². The van der Waals surface area contributed by atoms with Crippen molar-refractivity contribution in [3.05, 3.63) is 40.7 Å². The van der Waals surface area contributed by atoms with E-state index in [1.165, 1.54) is 18.2 Å². The Labute approximate surface area is 188 Å². The summed E-state index contributed by atoms with van der Waals surface area (Å²) in [5, 5.41) is 9.94. The summed E-state index contributed by atoms with van der Waals surface area (Å²) in [5.41, 5.74) is 0.643. The highest BCUT2D eigenvalue weighted by Crippen LogP contribution is 2.18. The number of hydrogen-bond acceptors (Lipinski definition) is 4. The van der Waals surface area contributed by atoms with Crippen LogP contribution < -0.4 is 0 Å². The second-order valence-electron chi connectivity index (χ2n) is 8.57. The monoisotopic (exact) mass is 451 g/mol. The third-order valence-electron chi connectivity index (χ3n) is 5.88. The van der Waals surface area contributed by atoms with Gasteiger partial charge in [-0.1, -0.05) is 24.6 Å². The summed E-state index contributed by atoms with van der Waals surface area (Å²) in [6.45, 7) is 6.74. The van der Waals surface area contributed by atoms with E-state index in [2.05, 4.69) is 11.8 Å². The zero-order valence-electron chi connectivity index (χ0n) is 18.0. The first-order chi connectivity index (χ1) is 14.8. The fraction of sp³-hybridized carbons (Fsp3) is 0.565. The van der Waals surface area contributed by atoms with E-state index in [4.69, 9.17) is 11.6 Å². The highest BCUT2D eigenvalue weighted by atomic mass is 35.5. The van der Waals surface area contributed by atoms with Crippen molar-refractivity contribution in [3.63, 3.8) is 0 Å². The van der Waals surface area contributed by atoms with E-state index in [0.29, 0.717) is 50.6 Å². The van der Waals surface area contributed by atoms with Gasteiger partial charge in [0.2, 0.25) is 11.8 Å². The lowest BCUT2D eigenvalue weighted by molar-refractivity contribution is -0.130. The average molecular weight is 452 g/mol. The molecule has 0 bridgehead atoms. The topological polar surface area (TPSA) is 64.1 Å². The predicted octanol–water partition coefficient (Wildman–Crippen LogP) is 2.65. The van der Waals surface area contributed by atoms with E-state index in [0.717, 1.165) is 25.9 Å². The van der Waals surface area contributed by atoms with Crippen LogP contribution in [0.25, 0.3) is 6.08 Å². The van der Waals surface area contributed by atoms with Gasteiger partial charge < -0.3 is 19.8 Å². The molecule has 2 atom stereocenters. The smallest absolute Gasteiger partial charge is 0.246 e. The SMILES string of the molecule is CC1CC(O)CN(CCCN2CCN(C(=O)/C=C/c3ccc(F)c(Cl)c3)CCC2=O)C1. The summed E-state index contributed by atoms with van der Waals surface area (Å²) >= 11 is 5.77. The maximum Gasteiger partial charge on any atom is 0.246 e. The number of likely N-dealkylation sites (tertiary alicyclic amines) is 1. The van der Waals surface area contributed by atoms with Crippen molar-refractivity contribution in [3.8, 4) is 0 Å². The van der Waals surface area contributed by atoms with Crippen molar-refractivity contribution >= 4 is 29.5 Å². The Morgan fingerprint density at radius 2 is 2.06 bits per heavy atom. The second kappa shape index (κ2) is 11.1. The zero-order valence-corrected chi connectivity index (χ0v) is 18.7. The Kier molecular flexibility index (Phi) is 8.46. The van der Waals surface area contributed by atoms with Crippen molar-refractivity contribution < 1.29 is 19.1 Å². The first kappa shape index (κ1) is 23.7. The molecule has 2 aliphatic heterocycles. The van der Waals surface area contributed by atoms with Gasteiger partial charge in [-0.25, -0.2) is 4.39 Å². The third kappa shape index (κ3) is 7.02. The minimum Gasteiger partial charge on any atom is -0.392 e. The van der Waals surface area contributed by atoms with Crippen LogP contribution in [0.15, 0.2) is 24.3 Å². The van der Waals surface area contributed by atoms with E-state index in [1.807, 2.05) is 4.90 Å². The van der Waals surface area contributed by atoms with Crippen LogP contribution in [0.5, 0.6) is 0 Å². The first-order valence-corrected chi connectivity index (χ1v) is 11.3. The van der Waals surface area contributed by atoms with E-state index in [-0.39, 0.29) is 22.9 Å². The van der Waals surface area contributed by atoms with Gasteiger partial charge in [-0.15, -0.1) is 0 Å². The molecule has 0 aliphatic carbocycles. The Hall–Kier alpha value is -1.96. The van der Waals surface area contributed by atoms with Crippen molar-refractivity contribution in [1.29, 1.82) is 0 Å². The molecule has 3 rings (SSSR count). The maximum atomic E-state index is 13.3. The molecule has 31 heavy (non-hydrogen) atoms. The van der Waals surface area contributed by atoms with E-state index >= 15 is 0 Å². The Bertz CT molecular complexity index is 809. The van der Waals surface area contributed by atoms with Gasteiger partial charge in [0.15, 0.2) is 0 Å². The van der Waals surface area contributed by atoms with Crippen molar-refractivity contribution in [2.75, 3.05) is 45.8 Å². The summed E-state index contributed by atoms with van der Waals surface area (Å²) in [6, 6.07) is 4.29. The van der Waals surface area contributed by atoms with E-state index in [9.17, 15) is 19.1 Å². The van der Waals surface area contributed by atoms with Crippen molar-refractivity contribution in [2.45, 2.75) is 32.3 Å². The molecule has 2 heterocycles. The molecule has 0 saturated carbocycles. The van der Waals surface area contributed by atoms with E-state index in [1.54, 1.807) is 17.0 Å². The molecule has 0 aromatic heterocycles.